The maximum atomic E-state index is 12.6. The van der Waals surface area contributed by atoms with E-state index in [1.54, 1.807) is 0 Å². The molecule has 0 aliphatic heterocycles. The van der Waals surface area contributed by atoms with Gasteiger partial charge in [-0.05, 0) is 12.1 Å². The Labute approximate surface area is 96.5 Å². The second-order valence-corrected chi connectivity index (χ2v) is 3.49. The Balaban J connectivity index is 3.10. The fourth-order valence-corrected chi connectivity index (χ4v) is 1.37. The van der Waals surface area contributed by atoms with E-state index >= 15 is 0 Å². The van der Waals surface area contributed by atoms with Gasteiger partial charge in [0.25, 0.3) is 5.91 Å². The summed E-state index contributed by atoms with van der Waals surface area (Å²) in [5.74, 6) is -0.757. The number of halogens is 3. The van der Waals surface area contributed by atoms with Crippen LogP contribution in [0.3, 0.4) is 0 Å². The van der Waals surface area contributed by atoms with Crippen LogP contribution in [0.1, 0.15) is 15.9 Å². The molecule has 0 unspecified atom stereocenters. The molecule has 1 aromatic carbocycles. The van der Waals surface area contributed by atoms with Crippen molar-refractivity contribution in [1.29, 1.82) is 0 Å². The molecule has 0 saturated heterocycles. The minimum Gasteiger partial charge on any atom is -0.395 e. The monoisotopic (exact) mass is 247 g/mol. The van der Waals surface area contributed by atoms with E-state index in [1.807, 2.05) is 0 Å². The Morgan fingerprint density at radius 1 is 1.35 bits per heavy atom. The van der Waals surface area contributed by atoms with Crippen LogP contribution >= 0.6 is 0 Å². The predicted molar refractivity (Wildman–Crippen MR) is 55.5 cm³/mol. The smallest absolute Gasteiger partial charge is 0.395 e. The second-order valence-electron chi connectivity index (χ2n) is 3.49. The molecule has 1 amide bonds. The van der Waals surface area contributed by atoms with Gasteiger partial charge in [-0.15, -0.1) is 0 Å². The first-order valence-electron chi connectivity index (χ1n) is 4.90. The molecule has 0 saturated carbocycles. The molecule has 1 aromatic rings. The number of amides is 1. The quantitative estimate of drug-likeness (QED) is 0.884. The molecular formula is C11H12F3NO2. The summed E-state index contributed by atoms with van der Waals surface area (Å²) < 4.78 is 37.9. The number of alkyl halides is 3. The number of rotatable bonds is 3. The molecule has 0 heterocycles. The summed E-state index contributed by atoms with van der Waals surface area (Å²) in [6.45, 7) is -0.304. The number of carbonyl (C=O) groups is 1. The molecule has 1 rings (SSSR count). The van der Waals surface area contributed by atoms with E-state index in [-0.39, 0.29) is 13.2 Å². The number of aliphatic hydroxyl groups excluding tert-OH is 1. The van der Waals surface area contributed by atoms with Gasteiger partial charge < -0.3 is 10.0 Å². The van der Waals surface area contributed by atoms with Crippen molar-refractivity contribution < 1.29 is 23.1 Å². The van der Waals surface area contributed by atoms with Crippen molar-refractivity contribution in [3.63, 3.8) is 0 Å². The van der Waals surface area contributed by atoms with Crippen molar-refractivity contribution in [2.75, 3.05) is 20.2 Å². The Bertz CT molecular complexity index is 404. The average Bonchev–Trinajstić information content (AvgIpc) is 2.27. The van der Waals surface area contributed by atoms with Gasteiger partial charge in [0.2, 0.25) is 0 Å². The normalized spacial score (nSPS) is 11.4. The fraction of sp³-hybridized carbons (Fsp3) is 0.364. The first-order chi connectivity index (χ1) is 7.88. The first-order valence-corrected chi connectivity index (χ1v) is 4.90. The highest BCUT2D eigenvalue weighted by Crippen LogP contribution is 2.32. The van der Waals surface area contributed by atoms with Gasteiger partial charge in [-0.25, -0.2) is 0 Å². The third kappa shape index (κ3) is 3.20. The molecule has 0 aliphatic rings. The summed E-state index contributed by atoms with van der Waals surface area (Å²) in [4.78, 5) is 12.8. The number of hydrogen-bond donors (Lipinski definition) is 1. The topological polar surface area (TPSA) is 40.5 Å². The van der Waals surface area contributed by atoms with Crippen molar-refractivity contribution in [2.45, 2.75) is 6.18 Å². The SMILES string of the molecule is CN(CCO)C(=O)c1ccccc1C(F)(F)F. The average molecular weight is 247 g/mol. The van der Waals surface area contributed by atoms with Crippen LogP contribution in [0.2, 0.25) is 0 Å². The van der Waals surface area contributed by atoms with Crippen molar-refractivity contribution >= 4 is 5.91 Å². The molecule has 0 radical (unpaired) electrons. The molecule has 1 N–H and O–H groups in total. The Morgan fingerprint density at radius 2 is 1.94 bits per heavy atom. The molecule has 17 heavy (non-hydrogen) atoms. The number of carbonyl (C=O) groups excluding carboxylic acids is 1. The minimum atomic E-state index is -4.56. The van der Waals surface area contributed by atoms with Gasteiger partial charge in [0.1, 0.15) is 0 Å². The highest BCUT2D eigenvalue weighted by Gasteiger charge is 2.35. The molecule has 6 heteroatoms. The summed E-state index contributed by atoms with van der Waals surface area (Å²) in [6, 6.07) is 4.58. The molecule has 0 fully saturated rings. The molecule has 0 spiro atoms. The van der Waals surface area contributed by atoms with E-state index in [2.05, 4.69) is 0 Å². The molecule has 0 bridgehead atoms. The summed E-state index contributed by atoms with van der Waals surface area (Å²) >= 11 is 0. The number of hydrogen-bond acceptors (Lipinski definition) is 2. The van der Waals surface area contributed by atoms with Crippen LogP contribution in [0.15, 0.2) is 24.3 Å². The highest BCUT2D eigenvalue weighted by atomic mass is 19.4. The third-order valence-electron chi connectivity index (χ3n) is 2.24. The lowest BCUT2D eigenvalue weighted by atomic mass is 10.1. The molecule has 0 atom stereocenters. The largest absolute Gasteiger partial charge is 0.417 e. The minimum absolute atomic E-state index is 0.00890. The zero-order valence-corrected chi connectivity index (χ0v) is 9.16. The zero-order valence-electron chi connectivity index (χ0n) is 9.16. The van der Waals surface area contributed by atoms with E-state index in [9.17, 15) is 18.0 Å². The van der Waals surface area contributed by atoms with Crippen LogP contribution in [0.25, 0.3) is 0 Å². The summed E-state index contributed by atoms with van der Waals surface area (Å²) in [5.41, 5.74) is -1.37. The van der Waals surface area contributed by atoms with Crippen molar-refractivity contribution in [1.82, 2.24) is 4.90 Å². The van der Waals surface area contributed by atoms with E-state index in [1.165, 1.54) is 19.2 Å². The van der Waals surface area contributed by atoms with E-state index in [0.717, 1.165) is 17.0 Å². The van der Waals surface area contributed by atoms with Gasteiger partial charge in [-0.2, -0.15) is 13.2 Å². The maximum Gasteiger partial charge on any atom is 0.417 e. The van der Waals surface area contributed by atoms with Crippen molar-refractivity contribution in [2.24, 2.45) is 0 Å². The maximum absolute atomic E-state index is 12.6. The van der Waals surface area contributed by atoms with Gasteiger partial charge in [0, 0.05) is 13.6 Å². The molecular weight excluding hydrogens is 235 g/mol. The van der Waals surface area contributed by atoms with Crippen LogP contribution in [-0.2, 0) is 6.18 Å². The van der Waals surface area contributed by atoms with Crippen molar-refractivity contribution in [3.8, 4) is 0 Å². The van der Waals surface area contributed by atoms with Crippen LogP contribution in [0.5, 0.6) is 0 Å². The van der Waals surface area contributed by atoms with Gasteiger partial charge in [0.15, 0.2) is 0 Å². The van der Waals surface area contributed by atoms with Crippen LogP contribution in [0.4, 0.5) is 13.2 Å². The fourth-order valence-electron chi connectivity index (χ4n) is 1.37. The van der Waals surface area contributed by atoms with Gasteiger partial charge in [-0.1, -0.05) is 12.1 Å². The first kappa shape index (κ1) is 13.5. The molecule has 0 aliphatic carbocycles. The van der Waals surface area contributed by atoms with Crippen LogP contribution in [0, 0.1) is 0 Å². The second kappa shape index (κ2) is 5.18. The third-order valence-corrected chi connectivity index (χ3v) is 2.24. The Hall–Kier alpha value is -1.56. The number of nitrogens with zero attached hydrogens (tertiary/aromatic N) is 1. The lowest BCUT2D eigenvalue weighted by Crippen LogP contribution is -2.31. The molecule has 0 aromatic heterocycles. The number of benzene rings is 1. The van der Waals surface area contributed by atoms with Crippen LogP contribution < -0.4 is 0 Å². The van der Waals surface area contributed by atoms with Crippen molar-refractivity contribution in [3.05, 3.63) is 35.4 Å². The predicted octanol–water partition coefficient (Wildman–Crippen LogP) is 1.77. The van der Waals surface area contributed by atoms with Crippen LogP contribution in [-0.4, -0.2) is 36.1 Å². The van der Waals surface area contributed by atoms with Gasteiger partial charge in [-0.3, -0.25) is 4.79 Å². The van der Waals surface area contributed by atoms with E-state index in [0.29, 0.717) is 0 Å². The summed E-state index contributed by atoms with van der Waals surface area (Å²) in [6.07, 6.45) is -4.56. The lowest BCUT2D eigenvalue weighted by molar-refractivity contribution is -0.138. The lowest BCUT2D eigenvalue weighted by Gasteiger charge is -2.18. The highest BCUT2D eigenvalue weighted by molar-refractivity contribution is 5.95. The van der Waals surface area contributed by atoms with Gasteiger partial charge >= 0.3 is 6.18 Å². The summed E-state index contributed by atoms with van der Waals surface area (Å²) in [7, 11) is 1.34. The summed E-state index contributed by atoms with van der Waals surface area (Å²) in [5, 5.41) is 8.65. The number of likely N-dealkylation sites (N-methyl/N-ethyl adjacent to an activating group) is 1. The molecule has 94 valence electrons. The standard InChI is InChI=1S/C11H12F3NO2/c1-15(6-7-16)10(17)8-4-2-3-5-9(8)11(12,13)14/h2-5,16H,6-7H2,1H3. The van der Waals surface area contributed by atoms with Gasteiger partial charge in [0.05, 0.1) is 17.7 Å². The van der Waals surface area contributed by atoms with E-state index in [4.69, 9.17) is 5.11 Å². The number of aliphatic hydroxyl groups is 1. The molecule has 3 nitrogen and oxygen atoms in total. The van der Waals surface area contributed by atoms with E-state index < -0.39 is 23.2 Å². The Morgan fingerprint density at radius 3 is 2.47 bits per heavy atom. The zero-order chi connectivity index (χ0) is 13.1. The Kier molecular flexibility index (Phi) is 4.11.